The van der Waals surface area contributed by atoms with E-state index in [1.165, 1.54) is 6.92 Å². The topological polar surface area (TPSA) is 106 Å². The molecule has 34 heavy (non-hydrogen) atoms. The number of nitriles is 1. The van der Waals surface area contributed by atoms with Crippen LogP contribution < -0.4 is 0 Å². The Kier molecular flexibility index (Phi) is 7.20. The molecule has 0 bridgehead atoms. The molecule has 8 nitrogen and oxygen atoms in total. The number of hydrogen-bond acceptors (Lipinski definition) is 5. The third-order valence-electron chi connectivity index (χ3n) is 7.08. The summed E-state index contributed by atoms with van der Waals surface area (Å²) in [5, 5.41) is 10.2. The second-order valence-electron chi connectivity index (χ2n) is 9.17. The predicted molar refractivity (Wildman–Crippen MR) is 127 cm³/mol. The Morgan fingerprint density at radius 3 is 2.68 bits per heavy atom. The van der Waals surface area contributed by atoms with Gasteiger partial charge in [0.25, 0.3) is 0 Å². The van der Waals surface area contributed by atoms with Gasteiger partial charge in [-0.25, -0.2) is 0 Å². The number of esters is 1. The number of nitrogens with one attached hydrogen (secondary N) is 1. The molecule has 0 saturated carbocycles. The SMILES string of the molecule is CCOC(=O)Cc1c(CC[C@@H]2CCCN2C(=O)[C@H]2CCCN2C(C)=O)[nH]c2cc(C#N)ccc12. The number of ether oxygens (including phenoxy) is 1. The van der Waals surface area contributed by atoms with Gasteiger partial charge in [0.15, 0.2) is 0 Å². The molecule has 0 unspecified atom stereocenters. The maximum absolute atomic E-state index is 13.3. The summed E-state index contributed by atoms with van der Waals surface area (Å²) in [5.41, 5.74) is 3.23. The molecule has 4 rings (SSSR count). The molecule has 1 aromatic carbocycles. The van der Waals surface area contributed by atoms with Crippen LogP contribution in [0.5, 0.6) is 0 Å². The Morgan fingerprint density at radius 2 is 1.94 bits per heavy atom. The van der Waals surface area contributed by atoms with Gasteiger partial charge in [-0.15, -0.1) is 0 Å². The first-order valence-electron chi connectivity index (χ1n) is 12.2. The monoisotopic (exact) mass is 464 g/mol. The fourth-order valence-electron chi connectivity index (χ4n) is 5.48. The summed E-state index contributed by atoms with van der Waals surface area (Å²) in [6.07, 6.45) is 5.10. The molecule has 1 aromatic heterocycles. The van der Waals surface area contributed by atoms with Crippen LogP contribution in [0.1, 0.15) is 62.8 Å². The first-order chi connectivity index (χ1) is 16.4. The fourth-order valence-corrected chi connectivity index (χ4v) is 5.48. The van der Waals surface area contributed by atoms with Crippen molar-refractivity contribution in [2.75, 3.05) is 19.7 Å². The number of fused-ring (bicyclic) bond motifs is 1. The molecule has 2 fully saturated rings. The van der Waals surface area contributed by atoms with Crippen LogP contribution in [0.25, 0.3) is 10.9 Å². The molecule has 0 spiro atoms. The number of likely N-dealkylation sites (tertiary alicyclic amines) is 2. The molecule has 0 aliphatic carbocycles. The summed E-state index contributed by atoms with van der Waals surface area (Å²) >= 11 is 0. The lowest BCUT2D eigenvalue weighted by Gasteiger charge is -2.31. The Morgan fingerprint density at radius 1 is 1.18 bits per heavy atom. The summed E-state index contributed by atoms with van der Waals surface area (Å²) in [5.74, 6) is -0.250. The van der Waals surface area contributed by atoms with Crippen molar-refractivity contribution < 1.29 is 19.1 Å². The lowest BCUT2D eigenvalue weighted by atomic mass is 10.0. The Bertz CT molecular complexity index is 1130. The zero-order valence-electron chi connectivity index (χ0n) is 19.9. The lowest BCUT2D eigenvalue weighted by molar-refractivity contribution is -0.143. The van der Waals surface area contributed by atoms with Gasteiger partial charge < -0.3 is 19.5 Å². The second-order valence-corrected chi connectivity index (χ2v) is 9.17. The summed E-state index contributed by atoms with van der Waals surface area (Å²) < 4.78 is 5.19. The maximum Gasteiger partial charge on any atom is 0.310 e. The number of carbonyl (C=O) groups excluding carboxylic acids is 3. The number of aromatic nitrogens is 1. The van der Waals surface area contributed by atoms with Crippen LogP contribution in [0.2, 0.25) is 0 Å². The van der Waals surface area contributed by atoms with Gasteiger partial charge in [0.1, 0.15) is 6.04 Å². The summed E-state index contributed by atoms with van der Waals surface area (Å²) in [6.45, 7) is 5.02. The number of aryl methyl sites for hydroxylation is 1. The second kappa shape index (κ2) is 10.3. The van der Waals surface area contributed by atoms with E-state index >= 15 is 0 Å². The van der Waals surface area contributed by atoms with E-state index in [1.807, 2.05) is 11.0 Å². The molecular formula is C26H32N4O4. The molecule has 2 aliphatic rings. The largest absolute Gasteiger partial charge is 0.466 e. The van der Waals surface area contributed by atoms with E-state index in [2.05, 4.69) is 11.1 Å². The van der Waals surface area contributed by atoms with Gasteiger partial charge in [-0.3, -0.25) is 14.4 Å². The first-order valence-corrected chi connectivity index (χ1v) is 12.2. The highest BCUT2D eigenvalue weighted by molar-refractivity contribution is 5.90. The van der Waals surface area contributed by atoms with Crippen molar-refractivity contribution in [2.45, 2.75) is 70.9 Å². The maximum atomic E-state index is 13.3. The standard InChI is InChI=1S/C26H32N4O4/c1-3-34-25(32)15-21-20-10-8-18(16-27)14-23(20)28-22(21)11-9-19-6-4-13-30(19)26(33)24-7-5-12-29(24)17(2)31/h8,10,14,19,24,28H,3-7,9,11-13,15H2,1-2H3/t19-,24+/m0/s1. The van der Waals surface area contributed by atoms with E-state index < -0.39 is 0 Å². The van der Waals surface area contributed by atoms with Gasteiger partial charge >= 0.3 is 5.97 Å². The van der Waals surface area contributed by atoms with Crippen molar-refractivity contribution >= 4 is 28.7 Å². The van der Waals surface area contributed by atoms with Gasteiger partial charge in [-0.2, -0.15) is 5.26 Å². The first kappa shape index (κ1) is 23.8. The van der Waals surface area contributed by atoms with Crippen LogP contribution in [-0.2, 0) is 32.0 Å². The van der Waals surface area contributed by atoms with Gasteiger partial charge in [-0.1, -0.05) is 6.07 Å². The Hall–Kier alpha value is -3.34. The molecule has 2 saturated heterocycles. The molecule has 8 heteroatoms. The number of carbonyl (C=O) groups is 3. The number of H-pyrrole nitrogens is 1. The third-order valence-corrected chi connectivity index (χ3v) is 7.08. The molecular weight excluding hydrogens is 432 g/mol. The van der Waals surface area contributed by atoms with E-state index in [4.69, 9.17) is 4.74 Å². The van der Waals surface area contributed by atoms with Crippen LogP contribution in [-0.4, -0.2) is 64.3 Å². The molecule has 0 radical (unpaired) electrons. The van der Waals surface area contributed by atoms with E-state index in [0.29, 0.717) is 25.1 Å². The minimum atomic E-state index is -0.338. The third kappa shape index (κ3) is 4.79. The molecule has 2 aromatic rings. The molecule has 2 amide bonds. The minimum absolute atomic E-state index is 0.0370. The smallest absolute Gasteiger partial charge is 0.310 e. The number of nitrogens with zero attached hydrogens (tertiary/aromatic N) is 3. The molecule has 1 N–H and O–H groups in total. The normalized spacial score (nSPS) is 20.0. The summed E-state index contributed by atoms with van der Waals surface area (Å²) in [6, 6.07) is 7.37. The number of benzene rings is 1. The van der Waals surface area contributed by atoms with Crippen LogP contribution in [0.4, 0.5) is 0 Å². The average molecular weight is 465 g/mol. The van der Waals surface area contributed by atoms with Crippen molar-refractivity contribution in [1.82, 2.24) is 14.8 Å². The molecule has 2 atom stereocenters. The van der Waals surface area contributed by atoms with Crippen molar-refractivity contribution in [1.29, 1.82) is 5.26 Å². The lowest BCUT2D eigenvalue weighted by Crippen LogP contribution is -2.48. The number of hydrogen-bond donors (Lipinski definition) is 1. The predicted octanol–water partition coefficient (Wildman–Crippen LogP) is 3.08. The van der Waals surface area contributed by atoms with E-state index in [1.54, 1.807) is 24.0 Å². The minimum Gasteiger partial charge on any atom is -0.466 e. The van der Waals surface area contributed by atoms with Crippen molar-refractivity contribution in [3.05, 3.63) is 35.0 Å². The fraction of sp³-hybridized carbons (Fsp3) is 0.538. The number of amides is 2. The quantitative estimate of drug-likeness (QED) is 0.634. The Labute approximate surface area is 199 Å². The molecule has 2 aliphatic heterocycles. The molecule has 3 heterocycles. The molecule has 180 valence electrons. The van der Waals surface area contributed by atoms with Crippen LogP contribution >= 0.6 is 0 Å². The zero-order chi connectivity index (χ0) is 24.2. The van der Waals surface area contributed by atoms with Gasteiger partial charge in [0.05, 0.1) is 24.7 Å². The average Bonchev–Trinajstić information content (AvgIpc) is 3.56. The van der Waals surface area contributed by atoms with Gasteiger partial charge in [0.2, 0.25) is 11.8 Å². The number of aromatic amines is 1. The van der Waals surface area contributed by atoms with E-state index in [9.17, 15) is 19.6 Å². The summed E-state index contributed by atoms with van der Waals surface area (Å²) in [4.78, 5) is 44.7. The van der Waals surface area contributed by atoms with Gasteiger partial charge in [-0.05, 0) is 63.1 Å². The van der Waals surface area contributed by atoms with Crippen LogP contribution in [0, 0.1) is 11.3 Å². The van der Waals surface area contributed by atoms with Crippen molar-refractivity contribution in [3.63, 3.8) is 0 Å². The van der Waals surface area contributed by atoms with E-state index in [-0.39, 0.29) is 36.3 Å². The van der Waals surface area contributed by atoms with Crippen LogP contribution in [0.3, 0.4) is 0 Å². The highest BCUT2D eigenvalue weighted by atomic mass is 16.5. The zero-order valence-corrected chi connectivity index (χ0v) is 19.9. The van der Waals surface area contributed by atoms with Crippen molar-refractivity contribution in [3.8, 4) is 6.07 Å². The summed E-state index contributed by atoms with van der Waals surface area (Å²) in [7, 11) is 0. The van der Waals surface area contributed by atoms with Gasteiger partial charge in [0, 0.05) is 42.7 Å². The number of rotatable bonds is 7. The highest BCUT2D eigenvalue weighted by Gasteiger charge is 2.39. The van der Waals surface area contributed by atoms with Crippen LogP contribution in [0.15, 0.2) is 18.2 Å². The Balaban J connectivity index is 1.52. The highest BCUT2D eigenvalue weighted by Crippen LogP contribution is 2.30. The van der Waals surface area contributed by atoms with E-state index in [0.717, 1.165) is 60.8 Å². The van der Waals surface area contributed by atoms with Crippen molar-refractivity contribution in [2.24, 2.45) is 0 Å².